The third-order valence-corrected chi connectivity index (χ3v) is 4.34. The van der Waals surface area contributed by atoms with Crippen LogP contribution >= 0.6 is 0 Å². The molecule has 1 amide bonds. The fourth-order valence-electron chi connectivity index (χ4n) is 3.26. The molecule has 0 spiro atoms. The van der Waals surface area contributed by atoms with Crippen LogP contribution < -0.4 is 10.6 Å². The van der Waals surface area contributed by atoms with Crippen molar-refractivity contribution in [2.45, 2.75) is 52.0 Å². The number of carbonyl (C=O) groups is 1. The number of rotatable bonds is 4. The van der Waals surface area contributed by atoms with E-state index in [1.54, 1.807) is 6.07 Å². The number of carbonyl (C=O) groups excluding carboxylic acids is 1. The monoisotopic (exact) mass is 324 g/mol. The summed E-state index contributed by atoms with van der Waals surface area (Å²) in [6, 6.07) is 8.16. The Morgan fingerprint density at radius 1 is 1.00 bits per heavy atom. The quantitative estimate of drug-likeness (QED) is 0.889. The van der Waals surface area contributed by atoms with Gasteiger partial charge >= 0.3 is 0 Å². The van der Waals surface area contributed by atoms with Crippen LogP contribution in [0.1, 0.15) is 53.7 Å². The first-order valence-corrected chi connectivity index (χ1v) is 8.58. The van der Waals surface area contributed by atoms with Crippen LogP contribution in [0.25, 0.3) is 0 Å². The molecule has 1 aromatic heterocycles. The normalized spacial score (nSPS) is 15.1. The summed E-state index contributed by atoms with van der Waals surface area (Å²) in [7, 11) is 0. The SMILES string of the molecule is Cc1cc(C)cc(NC(=O)c2cc(NC3CCCCC3)ncn2)c1. The average molecular weight is 324 g/mol. The molecule has 2 aromatic rings. The van der Waals surface area contributed by atoms with Gasteiger partial charge in [0.2, 0.25) is 0 Å². The third kappa shape index (κ3) is 4.31. The Morgan fingerprint density at radius 2 is 1.71 bits per heavy atom. The van der Waals surface area contributed by atoms with Crippen molar-refractivity contribution >= 4 is 17.4 Å². The predicted octanol–water partition coefficient (Wildman–Crippen LogP) is 4.09. The van der Waals surface area contributed by atoms with Gasteiger partial charge in [0.15, 0.2) is 0 Å². The highest BCUT2D eigenvalue weighted by Gasteiger charge is 2.15. The summed E-state index contributed by atoms with van der Waals surface area (Å²) in [6.45, 7) is 4.03. The van der Waals surface area contributed by atoms with E-state index in [9.17, 15) is 4.79 Å². The Labute approximate surface area is 142 Å². The maximum Gasteiger partial charge on any atom is 0.274 e. The minimum Gasteiger partial charge on any atom is -0.367 e. The number of nitrogens with one attached hydrogen (secondary N) is 2. The summed E-state index contributed by atoms with van der Waals surface area (Å²) in [5.74, 6) is 0.511. The zero-order valence-electron chi connectivity index (χ0n) is 14.3. The van der Waals surface area contributed by atoms with Gasteiger partial charge in [-0.2, -0.15) is 0 Å². The van der Waals surface area contributed by atoms with Crippen LogP contribution in [-0.2, 0) is 0 Å². The topological polar surface area (TPSA) is 66.9 Å². The van der Waals surface area contributed by atoms with Gasteiger partial charge in [0.25, 0.3) is 5.91 Å². The average Bonchev–Trinajstić information content (AvgIpc) is 2.55. The van der Waals surface area contributed by atoms with Crippen LogP contribution in [0.5, 0.6) is 0 Å². The minimum absolute atomic E-state index is 0.214. The highest BCUT2D eigenvalue weighted by Crippen LogP contribution is 2.21. The molecule has 0 unspecified atom stereocenters. The van der Waals surface area contributed by atoms with E-state index in [-0.39, 0.29) is 5.91 Å². The van der Waals surface area contributed by atoms with Crippen LogP contribution in [0.15, 0.2) is 30.6 Å². The van der Waals surface area contributed by atoms with E-state index in [1.807, 2.05) is 26.0 Å². The molecule has 1 aromatic carbocycles. The van der Waals surface area contributed by atoms with E-state index < -0.39 is 0 Å². The van der Waals surface area contributed by atoms with Crippen molar-refractivity contribution in [3.63, 3.8) is 0 Å². The van der Waals surface area contributed by atoms with Gasteiger partial charge in [-0.15, -0.1) is 0 Å². The molecule has 1 aliphatic rings. The standard InChI is InChI=1S/C19H24N4O/c1-13-8-14(2)10-16(9-13)23-19(24)17-11-18(21-12-20-17)22-15-6-4-3-5-7-15/h8-12,15H,3-7H2,1-2H3,(H,23,24)(H,20,21,22). The summed E-state index contributed by atoms with van der Waals surface area (Å²) in [6.07, 6.45) is 7.58. The van der Waals surface area contributed by atoms with E-state index >= 15 is 0 Å². The summed E-state index contributed by atoms with van der Waals surface area (Å²) < 4.78 is 0. The number of nitrogens with zero attached hydrogens (tertiary/aromatic N) is 2. The fraction of sp³-hybridized carbons (Fsp3) is 0.421. The first kappa shape index (κ1) is 16.4. The van der Waals surface area contributed by atoms with Gasteiger partial charge in [0.05, 0.1) is 0 Å². The molecule has 24 heavy (non-hydrogen) atoms. The van der Waals surface area contributed by atoms with Crippen molar-refractivity contribution in [2.24, 2.45) is 0 Å². The Morgan fingerprint density at radius 3 is 2.42 bits per heavy atom. The number of hydrogen-bond donors (Lipinski definition) is 2. The molecule has 3 rings (SSSR count). The number of anilines is 2. The van der Waals surface area contributed by atoms with Crippen molar-refractivity contribution < 1.29 is 4.79 Å². The molecule has 0 aliphatic heterocycles. The lowest BCUT2D eigenvalue weighted by Gasteiger charge is -2.23. The van der Waals surface area contributed by atoms with Crippen molar-refractivity contribution in [3.05, 3.63) is 47.4 Å². The van der Waals surface area contributed by atoms with Gasteiger partial charge in [0.1, 0.15) is 17.8 Å². The highest BCUT2D eigenvalue weighted by atomic mass is 16.1. The number of amides is 1. The molecule has 126 valence electrons. The summed E-state index contributed by atoms with van der Waals surface area (Å²) in [4.78, 5) is 20.8. The van der Waals surface area contributed by atoms with E-state index in [2.05, 4.69) is 26.7 Å². The number of aromatic nitrogens is 2. The predicted molar refractivity (Wildman–Crippen MR) is 96.4 cm³/mol. The van der Waals surface area contributed by atoms with Crippen LogP contribution in [0.4, 0.5) is 11.5 Å². The molecular weight excluding hydrogens is 300 g/mol. The lowest BCUT2D eigenvalue weighted by molar-refractivity contribution is 0.102. The van der Waals surface area contributed by atoms with E-state index in [0.29, 0.717) is 11.7 Å². The Balaban J connectivity index is 1.69. The van der Waals surface area contributed by atoms with Gasteiger partial charge in [0, 0.05) is 17.8 Å². The number of benzene rings is 1. The molecule has 5 heteroatoms. The van der Waals surface area contributed by atoms with Crippen molar-refractivity contribution in [1.29, 1.82) is 0 Å². The second-order valence-electron chi connectivity index (χ2n) is 6.60. The summed E-state index contributed by atoms with van der Waals surface area (Å²) in [5.41, 5.74) is 3.40. The first-order valence-electron chi connectivity index (χ1n) is 8.58. The second kappa shape index (κ2) is 7.43. The van der Waals surface area contributed by atoms with E-state index in [0.717, 1.165) is 35.5 Å². The van der Waals surface area contributed by atoms with Gasteiger partial charge in [-0.25, -0.2) is 9.97 Å². The molecule has 0 saturated heterocycles. The Kier molecular flexibility index (Phi) is 5.08. The minimum atomic E-state index is -0.214. The van der Waals surface area contributed by atoms with Gasteiger partial charge < -0.3 is 10.6 Å². The molecule has 5 nitrogen and oxygen atoms in total. The van der Waals surface area contributed by atoms with Crippen LogP contribution in [-0.4, -0.2) is 21.9 Å². The molecule has 1 saturated carbocycles. The molecule has 1 heterocycles. The van der Waals surface area contributed by atoms with Crippen molar-refractivity contribution in [2.75, 3.05) is 10.6 Å². The molecule has 0 atom stereocenters. The van der Waals surface area contributed by atoms with Crippen molar-refractivity contribution in [3.8, 4) is 0 Å². The molecule has 0 radical (unpaired) electrons. The number of aryl methyl sites for hydroxylation is 2. The molecular formula is C19H24N4O. The zero-order valence-corrected chi connectivity index (χ0v) is 14.3. The Hall–Kier alpha value is -2.43. The van der Waals surface area contributed by atoms with Crippen LogP contribution in [0.2, 0.25) is 0 Å². The van der Waals surface area contributed by atoms with Crippen LogP contribution in [0, 0.1) is 13.8 Å². The smallest absolute Gasteiger partial charge is 0.274 e. The lowest BCUT2D eigenvalue weighted by Crippen LogP contribution is -2.23. The molecule has 1 fully saturated rings. The third-order valence-electron chi connectivity index (χ3n) is 4.34. The van der Waals surface area contributed by atoms with Gasteiger partial charge in [-0.3, -0.25) is 4.79 Å². The lowest BCUT2D eigenvalue weighted by atomic mass is 9.95. The van der Waals surface area contributed by atoms with E-state index in [1.165, 1.54) is 25.6 Å². The van der Waals surface area contributed by atoms with Crippen LogP contribution in [0.3, 0.4) is 0 Å². The molecule has 1 aliphatic carbocycles. The van der Waals surface area contributed by atoms with E-state index in [4.69, 9.17) is 0 Å². The summed E-state index contributed by atoms with van der Waals surface area (Å²) >= 11 is 0. The second-order valence-corrected chi connectivity index (χ2v) is 6.60. The zero-order chi connectivity index (χ0) is 16.9. The Bertz CT molecular complexity index is 703. The number of hydrogen-bond acceptors (Lipinski definition) is 4. The maximum absolute atomic E-state index is 12.5. The molecule has 2 N–H and O–H groups in total. The van der Waals surface area contributed by atoms with Gasteiger partial charge in [-0.05, 0) is 49.9 Å². The maximum atomic E-state index is 12.5. The first-order chi connectivity index (χ1) is 11.6. The van der Waals surface area contributed by atoms with Crippen molar-refractivity contribution in [1.82, 2.24) is 9.97 Å². The van der Waals surface area contributed by atoms with Gasteiger partial charge in [-0.1, -0.05) is 25.3 Å². The largest absolute Gasteiger partial charge is 0.367 e. The highest BCUT2D eigenvalue weighted by molar-refractivity contribution is 6.03. The fourth-order valence-corrected chi connectivity index (χ4v) is 3.26. The molecule has 0 bridgehead atoms. The summed E-state index contributed by atoms with van der Waals surface area (Å²) in [5, 5.41) is 6.34.